The van der Waals surface area contributed by atoms with Gasteiger partial charge in [0.05, 0.1) is 5.03 Å². The van der Waals surface area contributed by atoms with Gasteiger partial charge in [-0.1, -0.05) is 17.7 Å². The predicted molar refractivity (Wildman–Crippen MR) is 51.1 cm³/mol. The molecule has 1 atom stereocenters. The second kappa shape index (κ2) is 5.32. The van der Waals surface area contributed by atoms with Gasteiger partial charge in [0.1, 0.15) is 12.4 Å². The van der Waals surface area contributed by atoms with Gasteiger partial charge in [-0.2, -0.15) is 0 Å². The maximum Gasteiger partial charge on any atom is 0.272 e. The van der Waals surface area contributed by atoms with Crippen molar-refractivity contribution in [3.63, 3.8) is 0 Å². The Morgan fingerprint density at radius 1 is 1.64 bits per heavy atom. The predicted octanol–water partition coefficient (Wildman–Crippen LogP) is 2.25. The zero-order valence-corrected chi connectivity index (χ0v) is 8.31. The molecule has 5 heteroatoms. The van der Waals surface area contributed by atoms with Crippen LogP contribution in [0.4, 0.5) is 8.78 Å². The molecule has 1 aliphatic carbocycles. The van der Waals surface area contributed by atoms with Crippen molar-refractivity contribution >= 4 is 11.6 Å². The van der Waals surface area contributed by atoms with Crippen molar-refractivity contribution in [2.75, 3.05) is 13.2 Å². The summed E-state index contributed by atoms with van der Waals surface area (Å²) in [5.74, 6) is 0.512. The molecule has 0 aromatic heterocycles. The van der Waals surface area contributed by atoms with E-state index < -0.39 is 13.0 Å². The molecule has 1 rings (SSSR count). The average molecular weight is 224 g/mol. The molecular weight excluding hydrogens is 212 g/mol. The molecule has 0 saturated heterocycles. The molecule has 14 heavy (non-hydrogen) atoms. The van der Waals surface area contributed by atoms with Crippen LogP contribution >= 0.6 is 11.6 Å². The lowest BCUT2D eigenvalue weighted by molar-refractivity contribution is 0.0515. The lowest BCUT2D eigenvalue weighted by Crippen LogP contribution is -2.15. The first kappa shape index (κ1) is 11.5. The Morgan fingerprint density at radius 2 is 2.36 bits per heavy atom. The number of halogens is 3. The molecule has 1 aliphatic rings. The molecular formula is C9H12ClF2NO. The quantitative estimate of drug-likeness (QED) is 0.794. The topological polar surface area (TPSA) is 35.2 Å². The number of nitrogens with two attached hydrogens (primary N) is 1. The Labute approximate surface area is 86.4 Å². The number of alkyl halides is 2. The van der Waals surface area contributed by atoms with Gasteiger partial charge in [-0.05, 0) is 25.0 Å². The Bertz CT molecular complexity index is 253. The van der Waals surface area contributed by atoms with Gasteiger partial charge in [0.2, 0.25) is 0 Å². The van der Waals surface area contributed by atoms with Gasteiger partial charge in [0.15, 0.2) is 0 Å². The van der Waals surface area contributed by atoms with Crippen molar-refractivity contribution in [3.05, 3.63) is 22.9 Å². The van der Waals surface area contributed by atoms with Crippen molar-refractivity contribution in [1.29, 1.82) is 0 Å². The fourth-order valence-electron chi connectivity index (χ4n) is 1.15. The van der Waals surface area contributed by atoms with Gasteiger partial charge >= 0.3 is 0 Å². The third-order valence-electron chi connectivity index (χ3n) is 1.90. The first-order chi connectivity index (χ1) is 6.63. The van der Waals surface area contributed by atoms with Crippen molar-refractivity contribution in [2.24, 2.45) is 11.7 Å². The van der Waals surface area contributed by atoms with E-state index in [-0.39, 0.29) is 5.92 Å². The summed E-state index contributed by atoms with van der Waals surface area (Å²) in [4.78, 5) is 0. The number of hydrogen-bond acceptors (Lipinski definition) is 2. The maximum atomic E-state index is 11.8. The van der Waals surface area contributed by atoms with Crippen LogP contribution < -0.4 is 5.73 Å². The molecule has 0 aromatic rings. The Morgan fingerprint density at radius 3 is 2.86 bits per heavy atom. The van der Waals surface area contributed by atoms with Gasteiger partial charge in [0, 0.05) is 0 Å². The summed E-state index contributed by atoms with van der Waals surface area (Å²) in [6.07, 6.45) is 1.51. The highest BCUT2D eigenvalue weighted by molar-refractivity contribution is 6.30. The van der Waals surface area contributed by atoms with Crippen LogP contribution in [-0.2, 0) is 4.74 Å². The Hall–Kier alpha value is -0.610. The smallest absolute Gasteiger partial charge is 0.272 e. The molecule has 2 N–H and O–H groups in total. The first-order valence-corrected chi connectivity index (χ1v) is 4.69. The molecule has 0 aromatic carbocycles. The number of allylic oxidation sites excluding steroid dienone is 2. The highest BCUT2D eigenvalue weighted by Crippen LogP contribution is 2.26. The van der Waals surface area contributed by atoms with Gasteiger partial charge < -0.3 is 10.5 Å². The summed E-state index contributed by atoms with van der Waals surface area (Å²) >= 11 is 5.84. The summed E-state index contributed by atoms with van der Waals surface area (Å²) in [6.45, 7) is -0.127. The molecule has 0 heterocycles. The minimum absolute atomic E-state index is 0.182. The van der Waals surface area contributed by atoms with E-state index in [1.165, 1.54) is 0 Å². The number of hydrogen-bond donors (Lipinski definition) is 1. The van der Waals surface area contributed by atoms with Crippen LogP contribution in [0.1, 0.15) is 6.42 Å². The van der Waals surface area contributed by atoms with Crippen molar-refractivity contribution in [1.82, 2.24) is 0 Å². The monoisotopic (exact) mass is 223 g/mol. The zero-order valence-electron chi connectivity index (χ0n) is 7.55. The van der Waals surface area contributed by atoms with E-state index in [1.807, 2.05) is 6.08 Å². The molecule has 0 amide bonds. The van der Waals surface area contributed by atoms with Crippen LogP contribution in [-0.4, -0.2) is 19.6 Å². The van der Waals surface area contributed by atoms with E-state index in [9.17, 15) is 8.78 Å². The molecule has 0 unspecified atom stereocenters. The summed E-state index contributed by atoms with van der Waals surface area (Å²) in [5, 5.41) is 0.462. The van der Waals surface area contributed by atoms with Crippen LogP contribution in [0.25, 0.3) is 0 Å². The molecule has 0 fully saturated rings. The standard InChI is InChI=1S/C9H12ClF2NO/c10-7-3-6(4-13)1-2-8(7)14-5-9(11)12/h1-2,6,9H,3-5,13H2/t6-/m0/s1. The normalized spacial score (nSPS) is 21.9. The van der Waals surface area contributed by atoms with E-state index >= 15 is 0 Å². The van der Waals surface area contributed by atoms with Gasteiger partial charge in [-0.15, -0.1) is 0 Å². The lowest BCUT2D eigenvalue weighted by atomic mass is 10.0. The van der Waals surface area contributed by atoms with Crippen molar-refractivity contribution in [3.8, 4) is 0 Å². The molecule has 0 aliphatic heterocycles. The van der Waals surface area contributed by atoms with Crippen LogP contribution in [0, 0.1) is 5.92 Å². The molecule has 0 bridgehead atoms. The number of rotatable bonds is 4. The number of ether oxygens (including phenoxy) is 1. The van der Waals surface area contributed by atoms with Crippen LogP contribution in [0.15, 0.2) is 22.9 Å². The van der Waals surface area contributed by atoms with Gasteiger partial charge in [-0.25, -0.2) is 8.78 Å². The second-order valence-electron chi connectivity index (χ2n) is 3.03. The molecule has 0 saturated carbocycles. The van der Waals surface area contributed by atoms with Crippen molar-refractivity contribution < 1.29 is 13.5 Å². The minimum Gasteiger partial charge on any atom is -0.486 e. The fraction of sp³-hybridized carbons (Fsp3) is 0.556. The van der Waals surface area contributed by atoms with Crippen LogP contribution in [0.5, 0.6) is 0 Å². The van der Waals surface area contributed by atoms with Crippen molar-refractivity contribution in [2.45, 2.75) is 12.8 Å². The van der Waals surface area contributed by atoms with E-state index in [2.05, 4.69) is 0 Å². The van der Waals surface area contributed by atoms with Gasteiger partial charge in [0.25, 0.3) is 6.43 Å². The SMILES string of the molecule is NC[C@H]1C=CC(OCC(F)F)=C(Cl)C1. The zero-order chi connectivity index (χ0) is 10.6. The minimum atomic E-state index is -2.48. The fourth-order valence-corrected chi connectivity index (χ4v) is 1.47. The van der Waals surface area contributed by atoms with E-state index in [0.29, 0.717) is 23.8 Å². The van der Waals surface area contributed by atoms with E-state index in [4.69, 9.17) is 22.1 Å². The Kier molecular flexibility index (Phi) is 4.35. The maximum absolute atomic E-state index is 11.8. The lowest BCUT2D eigenvalue weighted by Gasteiger charge is -2.17. The summed E-state index contributed by atoms with van der Waals surface area (Å²) in [7, 11) is 0. The third kappa shape index (κ3) is 3.27. The third-order valence-corrected chi connectivity index (χ3v) is 2.24. The van der Waals surface area contributed by atoms with Crippen LogP contribution in [0.2, 0.25) is 0 Å². The van der Waals surface area contributed by atoms with E-state index in [1.54, 1.807) is 6.08 Å². The molecule has 2 nitrogen and oxygen atoms in total. The average Bonchev–Trinajstić information content (AvgIpc) is 2.15. The highest BCUT2D eigenvalue weighted by atomic mass is 35.5. The Balaban J connectivity index is 2.50. The first-order valence-electron chi connectivity index (χ1n) is 4.31. The molecule has 80 valence electrons. The molecule has 0 radical (unpaired) electrons. The largest absolute Gasteiger partial charge is 0.486 e. The van der Waals surface area contributed by atoms with Gasteiger partial charge in [-0.3, -0.25) is 0 Å². The summed E-state index contributed by atoms with van der Waals surface area (Å²) in [5.41, 5.74) is 5.44. The van der Waals surface area contributed by atoms with Crippen LogP contribution in [0.3, 0.4) is 0 Å². The summed E-state index contributed by atoms with van der Waals surface area (Å²) < 4.78 is 28.5. The van der Waals surface area contributed by atoms with E-state index in [0.717, 1.165) is 0 Å². The summed E-state index contributed by atoms with van der Waals surface area (Å²) in [6, 6.07) is 0. The highest BCUT2D eigenvalue weighted by Gasteiger charge is 2.15. The molecule has 0 spiro atoms. The second-order valence-corrected chi connectivity index (χ2v) is 3.49.